The topological polar surface area (TPSA) is 78.0 Å². The monoisotopic (exact) mass is 409 g/mol. The number of carbonyl (C=O) groups is 1. The number of aromatic nitrogens is 2. The second-order valence-electron chi connectivity index (χ2n) is 6.62. The third kappa shape index (κ3) is 3.43. The molecule has 0 bridgehead atoms. The molecule has 0 fully saturated rings. The molecule has 1 amide bonds. The fourth-order valence-electron chi connectivity index (χ4n) is 3.25. The maximum absolute atomic E-state index is 12.9. The normalized spacial score (nSPS) is 11.6. The quantitative estimate of drug-likeness (QED) is 0.552. The van der Waals surface area contributed by atoms with Crippen molar-refractivity contribution in [1.82, 2.24) is 9.55 Å². The minimum Gasteiger partial charge on any atom is -0.365 e. The second-order valence-corrected chi connectivity index (χ2v) is 6.62. The van der Waals surface area contributed by atoms with Gasteiger partial charge in [-0.1, -0.05) is 6.07 Å². The predicted molar refractivity (Wildman–Crippen MR) is 106 cm³/mol. The van der Waals surface area contributed by atoms with Crippen LogP contribution in [-0.2, 0) is 6.18 Å². The Morgan fingerprint density at radius 3 is 2.20 bits per heavy atom. The molecule has 0 aliphatic heterocycles. The van der Waals surface area contributed by atoms with E-state index in [9.17, 15) is 22.8 Å². The van der Waals surface area contributed by atoms with Crippen LogP contribution < -0.4 is 11.2 Å². The van der Waals surface area contributed by atoms with Gasteiger partial charge in [0.2, 0.25) is 5.43 Å². The van der Waals surface area contributed by atoms with Gasteiger partial charge in [-0.25, -0.2) is 0 Å². The summed E-state index contributed by atoms with van der Waals surface area (Å²) in [6.07, 6.45) is 0.0281. The molecule has 2 aromatic heterocycles. The third-order valence-corrected chi connectivity index (χ3v) is 4.76. The van der Waals surface area contributed by atoms with Crippen molar-refractivity contribution in [3.05, 3.63) is 94.5 Å². The zero-order valence-electron chi connectivity index (χ0n) is 15.4. The van der Waals surface area contributed by atoms with Crippen LogP contribution in [-0.4, -0.2) is 15.5 Å². The molecule has 2 N–H and O–H groups in total. The number of alkyl halides is 3. The Kier molecular flexibility index (Phi) is 4.62. The average molecular weight is 409 g/mol. The number of amides is 1. The Bertz CT molecular complexity index is 1310. The molecule has 0 saturated heterocycles. The summed E-state index contributed by atoms with van der Waals surface area (Å²) in [5.74, 6) is -0.916. The van der Waals surface area contributed by atoms with Crippen molar-refractivity contribution in [3.63, 3.8) is 0 Å². The van der Waals surface area contributed by atoms with Crippen LogP contribution in [0, 0.1) is 0 Å². The lowest BCUT2D eigenvalue weighted by atomic mass is 10.0. The van der Waals surface area contributed by atoms with E-state index < -0.39 is 23.1 Å². The first kappa shape index (κ1) is 19.4. The molecule has 0 aliphatic rings. The Labute approximate surface area is 168 Å². The SMILES string of the molecule is NC(=O)c1cn(-c2ccc(C(F)(F)F)cc2)c2cc(-c3ccncc3)ccc2c1=O. The first-order valence-electron chi connectivity index (χ1n) is 8.83. The minimum absolute atomic E-state index is 0.226. The highest BCUT2D eigenvalue weighted by atomic mass is 19.4. The van der Waals surface area contributed by atoms with E-state index in [2.05, 4.69) is 4.98 Å². The number of nitrogens with zero attached hydrogens (tertiary/aromatic N) is 2. The molecule has 30 heavy (non-hydrogen) atoms. The number of pyridine rings is 2. The molecule has 0 radical (unpaired) electrons. The average Bonchev–Trinajstić information content (AvgIpc) is 2.73. The lowest BCUT2D eigenvalue weighted by Crippen LogP contribution is -2.24. The van der Waals surface area contributed by atoms with Crippen LogP contribution in [0.1, 0.15) is 15.9 Å². The van der Waals surface area contributed by atoms with Gasteiger partial charge < -0.3 is 10.3 Å². The molecular weight excluding hydrogens is 395 g/mol. The Balaban J connectivity index is 1.99. The van der Waals surface area contributed by atoms with Crippen molar-refractivity contribution in [2.75, 3.05) is 0 Å². The number of nitrogens with two attached hydrogens (primary N) is 1. The fourth-order valence-corrected chi connectivity index (χ4v) is 3.25. The molecule has 0 atom stereocenters. The van der Waals surface area contributed by atoms with E-state index in [1.807, 2.05) is 0 Å². The minimum atomic E-state index is -4.48. The van der Waals surface area contributed by atoms with Crippen molar-refractivity contribution in [2.24, 2.45) is 5.73 Å². The maximum atomic E-state index is 12.9. The molecule has 150 valence electrons. The van der Waals surface area contributed by atoms with E-state index in [0.29, 0.717) is 11.2 Å². The van der Waals surface area contributed by atoms with Crippen molar-refractivity contribution >= 4 is 16.8 Å². The zero-order chi connectivity index (χ0) is 21.5. The van der Waals surface area contributed by atoms with Gasteiger partial charge >= 0.3 is 6.18 Å². The molecule has 0 spiro atoms. The van der Waals surface area contributed by atoms with Gasteiger partial charge in [-0.3, -0.25) is 14.6 Å². The van der Waals surface area contributed by atoms with Crippen LogP contribution in [0.3, 0.4) is 0 Å². The number of hydrogen-bond donors (Lipinski definition) is 1. The fraction of sp³-hybridized carbons (Fsp3) is 0.0455. The van der Waals surface area contributed by atoms with E-state index >= 15 is 0 Å². The van der Waals surface area contributed by atoms with Crippen molar-refractivity contribution in [1.29, 1.82) is 0 Å². The number of primary amides is 1. The van der Waals surface area contributed by atoms with Crippen LogP contribution in [0.4, 0.5) is 13.2 Å². The van der Waals surface area contributed by atoms with Gasteiger partial charge in [-0.2, -0.15) is 13.2 Å². The Morgan fingerprint density at radius 1 is 0.933 bits per heavy atom. The lowest BCUT2D eigenvalue weighted by Gasteiger charge is -2.15. The number of carbonyl (C=O) groups excluding carboxylic acids is 1. The first-order chi connectivity index (χ1) is 14.3. The molecule has 4 aromatic rings. The third-order valence-electron chi connectivity index (χ3n) is 4.76. The number of halogens is 3. The second kappa shape index (κ2) is 7.14. The number of fused-ring (bicyclic) bond motifs is 1. The van der Waals surface area contributed by atoms with E-state index in [4.69, 9.17) is 5.73 Å². The molecule has 4 rings (SSSR count). The van der Waals surface area contributed by atoms with Gasteiger partial charge in [0.1, 0.15) is 5.56 Å². The molecule has 5 nitrogen and oxygen atoms in total. The van der Waals surface area contributed by atoms with E-state index in [-0.39, 0.29) is 10.9 Å². The van der Waals surface area contributed by atoms with Crippen LogP contribution in [0.2, 0.25) is 0 Å². The van der Waals surface area contributed by atoms with Crippen LogP contribution in [0.25, 0.3) is 27.7 Å². The standard InChI is InChI=1S/C22H14F3N3O2/c23-22(24,25)15-2-4-16(5-3-15)28-12-18(21(26)30)20(29)17-6-1-14(11-19(17)28)13-7-9-27-10-8-13/h1-12H,(H2,26,30). The predicted octanol–water partition coefficient (Wildman–Crippen LogP) is 4.17. The zero-order valence-corrected chi connectivity index (χ0v) is 15.4. The summed E-state index contributed by atoms with van der Waals surface area (Å²) < 4.78 is 40.3. The molecule has 0 unspecified atom stereocenters. The van der Waals surface area contributed by atoms with Gasteiger partial charge in [-0.15, -0.1) is 0 Å². The summed E-state index contributed by atoms with van der Waals surface area (Å²) in [5.41, 5.74) is 6.15. The van der Waals surface area contributed by atoms with Gasteiger partial charge in [-0.05, 0) is 59.7 Å². The number of hydrogen-bond acceptors (Lipinski definition) is 3. The first-order valence-corrected chi connectivity index (χ1v) is 8.83. The summed E-state index contributed by atoms with van der Waals surface area (Å²) in [4.78, 5) is 28.5. The van der Waals surface area contributed by atoms with Crippen LogP contribution in [0.5, 0.6) is 0 Å². The molecular formula is C22H14F3N3O2. The molecule has 2 heterocycles. The van der Waals surface area contributed by atoms with Gasteiger partial charge in [0.15, 0.2) is 0 Å². The molecule has 8 heteroatoms. The smallest absolute Gasteiger partial charge is 0.365 e. The van der Waals surface area contributed by atoms with Crippen molar-refractivity contribution in [3.8, 4) is 16.8 Å². The summed E-state index contributed by atoms with van der Waals surface area (Å²) >= 11 is 0. The molecule has 2 aromatic carbocycles. The van der Waals surface area contributed by atoms with Crippen molar-refractivity contribution < 1.29 is 18.0 Å². The number of benzene rings is 2. The molecule has 0 saturated carbocycles. The summed E-state index contributed by atoms with van der Waals surface area (Å²) in [6.45, 7) is 0. The van der Waals surface area contributed by atoms with E-state index in [1.165, 1.54) is 22.9 Å². The lowest BCUT2D eigenvalue weighted by molar-refractivity contribution is -0.137. The van der Waals surface area contributed by atoms with E-state index in [1.54, 1.807) is 42.7 Å². The highest BCUT2D eigenvalue weighted by Crippen LogP contribution is 2.30. The molecule has 0 aliphatic carbocycles. The van der Waals surface area contributed by atoms with Gasteiger partial charge in [0, 0.05) is 29.7 Å². The maximum Gasteiger partial charge on any atom is 0.416 e. The summed E-state index contributed by atoms with van der Waals surface area (Å²) in [7, 11) is 0. The summed E-state index contributed by atoms with van der Waals surface area (Å²) in [5, 5.41) is 0.226. The number of rotatable bonds is 3. The van der Waals surface area contributed by atoms with Gasteiger partial charge in [0.25, 0.3) is 5.91 Å². The summed E-state index contributed by atoms with van der Waals surface area (Å²) in [6, 6.07) is 13.0. The Morgan fingerprint density at radius 2 is 1.60 bits per heavy atom. The van der Waals surface area contributed by atoms with Crippen LogP contribution in [0.15, 0.2) is 78.0 Å². The van der Waals surface area contributed by atoms with Crippen LogP contribution >= 0.6 is 0 Å². The van der Waals surface area contributed by atoms with Crippen molar-refractivity contribution in [2.45, 2.75) is 6.18 Å². The van der Waals surface area contributed by atoms with Gasteiger partial charge in [0.05, 0.1) is 11.1 Å². The Hall–Kier alpha value is -3.94. The largest absolute Gasteiger partial charge is 0.416 e. The highest BCUT2D eigenvalue weighted by molar-refractivity contribution is 5.97. The highest BCUT2D eigenvalue weighted by Gasteiger charge is 2.30. The van der Waals surface area contributed by atoms with E-state index in [0.717, 1.165) is 23.3 Å².